The van der Waals surface area contributed by atoms with Crippen LogP contribution in [-0.2, 0) is 6.54 Å². The number of hydrogen-bond donors (Lipinski definition) is 2. The van der Waals surface area contributed by atoms with Gasteiger partial charge in [0.15, 0.2) is 11.5 Å². The molecule has 0 aliphatic rings. The second kappa shape index (κ2) is 6.42. The largest absolute Gasteiger partial charge is 0.493 e. The molecule has 0 radical (unpaired) electrons. The first-order valence-electron chi connectivity index (χ1n) is 5.83. The SMILES string of the molecule is COc1ccc(CNc2cn[nH]c(=O)c2Br)cc1OC. The molecule has 0 aliphatic carbocycles. The predicted octanol–water partition coefficient (Wildman–Crippen LogP) is 2.16. The van der Waals surface area contributed by atoms with Crippen LogP contribution in [0.3, 0.4) is 0 Å². The van der Waals surface area contributed by atoms with Gasteiger partial charge in [0.05, 0.1) is 26.1 Å². The second-order valence-corrected chi connectivity index (χ2v) is 4.76. The summed E-state index contributed by atoms with van der Waals surface area (Å²) >= 11 is 3.21. The molecule has 0 aliphatic heterocycles. The van der Waals surface area contributed by atoms with Crippen molar-refractivity contribution in [3.63, 3.8) is 0 Å². The first-order chi connectivity index (χ1) is 9.65. The molecule has 2 N–H and O–H groups in total. The monoisotopic (exact) mass is 339 g/mol. The fraction of sp³-hybridized carbons (Fsp3) is 0.231. The predicted molar refractivity (Wildman–Crippen MR) is 79.4 cm³/mol. The first-order valence-corrected chi connectivity index (χ1v) is 6.63. The minimum Gasteiger partial charge on any atom is -0.493 e. The summed E-state index contributed by atoms with van der Waals surface area (Å²) in [4.78, 5) is 11.4. The summed E-state index contributed by atoms with van der Waals surface area (Å²) in [5.74, 6) is 1.34. The molecule has 0 amide bonds. The Hall–Kier alpha value is -2.02. The summed E-state index contributed by atoms with van der Waals surface area (Å²) in [6.45, 7) is 0.532. The molecule has 7 heteroatoms. The highest BCUT2D eigenvalue weighted by Crippen LogP contribution is 2.28. The van der Waals surface area contributed by atoms with Crippen molar-refractivity contribution in [2.45, 2.75) is 6.54 Å². The van der Waals surface area contributed by atoms with Gasteiger partial charge in [0.2, 0.25) is 0 Å². The Labute approximate surface area is 124 Å². The molecule has 0 bridgehead atoms. The van der Waals surface area contributed by atoms with E-state index in [2.05, 4.69) is 31.4 Å². The lowest BCUT2D eigenvalue weighted by Gasteiger charge is -2.11. The Bertz CT molecular complexity index is 658. The van der Waals surface area contributed by atoms with Gasteiger partial charge < -0.3 is 14.8 Å². The molecule has 0 unspecified atom stereocenters. The maximum atomic E-state index is 11.4. The van der Waals surface area contributed by atoms with Gasteiger partial charge >= 0.3 is 0 Å². The van der Waals surface area contributed by atoms with E-state index < -0.39 is 0 Å². The average molecular weight is 340 g/mol. The second-order valence-electron chi connectivity index (χ2n) is 3.97. The fourth-order valence-corrected chi connectivity index (χ4v) is 2.03. The molecule has 0 atom stereocenters. The van der Waals surface area contributed by atoms with Crippen LogP contribution in [0.15, 0.2) is 33.7 Å². The highest BCUT2D eigenvalue weighted by atomic mass is 79.9. The van der Waals surface area contributed by atoms with Gasteiger partial charge in [-0.05, 0) is 33.6 Å². The third-order valence-electron chi connectivity index (χ3n) is 2.73. The van der Waals surface area contributed by atoms with E-state index in [-0.39, 0.29) is 5.56 Å². The van der Waals surface area contributed by atoms with Gasteiger partial charge in [-0.1, -0.05) is 6.07 Å². The van der Waals surface area contributed by atoms with Gasteiger partial charge in [0, 0.05) is 6.54 Å². The Morgan fingerprint density at radius 3 is 2.75 bits per heavy atom. The average Bonchev–Trinajstić information content (AvgIpc) is 2.48. The standard InChI is InChI=1S/C13H14BrN3O3/c1-19-10-4-3-8(5-11(10)20-2)6-15-9-7-16-17-13(18)12(9)14/h3-5,7H,6H2,1-2H3,(H2,15,17,18). The molecular formula is C13H14BrN3O3. The van der Waals surface area contributed by atoms with Crippen LogP contribution >= 0.6 is 15.9 Å². The molecule has 20 heavy (non-hydrogen) atoms. The molecule has 0 saturated heterocycles. The number of nitrogens with one attached hydrogen (secondary N) is 2. The smallest absolute Gasteiger partial charge is 0.280 e. The van der Waals surface area contributed by atoms with Crippen LogP contribution in [0.25, 0.3) is 0 Å². The Morgan fingerprint density at radius 2 is 2.05 bits per heavy atom. The van der Waals surface area contributed by atoms with Crippen molar-refractivity contribution in [2.75, 3.05) is 19.5 Å². The molecule has 2 aromatic rings. The number of hydrogen-bond acceptors (Lipinski definition) is 5. The van der Waals surface area contributed by atoms with Gasteiger partial charge in [-0.15, -0.1) is 0 Å². The van der Waals surface area contributed by atoms with E-state index >= 15 is 0 Å². The minimum absolute atomic E-state index is 0.276. The van der Waals surface area contributed by atoms with Crippen LogP contribution in [0.2, 0.25) is 0 Å². The van der Waals surface area contributed by atoms with Gasteiger partial charge in [-0.25, -0.2) is 5.10 Å². The minimum atomic E-state index is -0.276. The molecule has 106 valence electrons. The number of halogens is 1. The molecule has 0 fully saturated rings. The van der Waals surface area contributed by atoms with Crippen LogP contribution in [0, 0.1) is 0 Å². The van der Waals surface area contributed by atoms with Crippen LogP contribution in [0.5, 0.6) is 11.5 Å². The van der Waals surface area contributed by atoms with E-state index in [0.29, 0.717) is 28.2 Å². The molecule has 1 aromatic carbocycles. The summed E-state index contributed by atoms with van der Waals surface area (Å²) in [6.07, 6.45) is 1.55. The molecule has 0 spiro atoms. The quantitative estimate of drug-likeness (QED) is 0.872. The number of rotatable bonds is 5. The number of aromatic amines is 1. The molecule has 2 rings (SSSR count). The van der Waals surface area contributed by atoms with Crippen LogP contribution in [0.4, 0.5) is 5.69 Å². The zero-order valence-corrected chi connectivity index (χ0v) is 12.7. The van der Waals surface area contributed by atoms with Gasteiger partial charge in [0.25, 0.3) is 5.56 Å². The van der Waals surface area contributed by atoms with Crippen molar-refractivity contribution in [3.8, 4) is 11.5 Å². The number of aromatic nitrogens is 2. The van der Waals surface area contributed by atoms with Crippen molar-refractivity contribution in [1.82, 2.24) is 10.2 Å². The van der Waals surface area contributed by atoms with Crippen molar-refractivity contribution >= 4 is 21.6 Å². The van der Waals surface area contributed by atoms with Crippen LogP contribution in [-0.4, -0.2) is 24.4 Å². The van der Waals surface area contributed by atoms with Gasteiger partial charge in [-0.3, -0.25) is 4.79 Å². The zero-order valence-electron chi connectivity index (χ0n) is 11.1. The van der Waals surface area contributed by atoms with Crippen molar-refractivity contribution in [3.05, 3.63) is 44.8 Å². The van der Waals surface area contributed by atoms with Crippen molar-refractivity contribution in [1.29, 1.82) is 0 Å². The third kappa shape index (κ3) is 3.11. The Morgan fingerprint density at radius 1 is 1.30 bits per heavy atom. The molecule has 1 heterocycles. The highest BCUT2D eigenvalue weighted by molar-refractivity contribution is 9.10. The molecule has 6 nitrogen and oxygen atoms in total. The number of benzene rings is 1. The maximum Gasteiger partial charge on any atom is 0.280 e. The van der Waals surface area contributed by atoms with Gasteiger partial charge in [0.1, 0.15) is 4.47 Å². The maximum absolute atomic E-state index is 11.4. The lowest BCUT2D eigenvalue weighted by atomic mass is 10.2. The van der Waals surface area contributed by atoms with E-state index in [1.54, 1.807) is 20.4 Å². The number of ether oxygens (including phenoxy) is 2. The number of H-pyrrole nitrogens is 1. The highest BCUT2D eigenvalue weighted by Gasteiger charge is 2.06. The number of methoxy groups -OCH3 is 2. The summed E-state index contributed by atoms with van der Waals surface area (Å²) < 4.78 is 10.8. The number of nitrogens with zero attached hydrogens (tertiary/aromatic N) is 1. The summed E-state index contributed by atoms with van der Waals surface area (Å²) in [6, 6.07) is 5.63. The summed E-state index contributed by atoms with van der Waals surface area (Å²) in [5, 5.41) is 9.22. The number of anilines is 1. The lowest BCUT2D eigenvalue weighted by Crippen LogP contribution is -2.12. The van der Waals surface area contributed by atoms with E-state index in [1.807, 2.05) is 18.2 Å². The summed E-state index contributed by atoms with van der Waals surface area (Å²) in [5.41, 5.74) is 1.35. The third-order valence-corrected chi connectivity index (χ3v) is 3.51. The Balaban J connectivity index is 2.15. The topological polar surface area (TPSA) is 76.2 Å². The van der Waals surface area contributed by atoms with E-state index in [4.69, 9.17) is 9.47 Å². The van der Waals surface area contributed by atoms with E-state index in [0.717, 1.165) is 5.56 Å². The lowest BCUT2D eigenvalue weighted by molar-refractivity contribution is 0.354. The Kier molecular flexibility index (Phi) is 4.62. The zero-order chi connectivity index (χ0) is 14.5. The van der Waals surface area contributed by atoms with E-state index in [1.165, 1.54) is 0 Å². The molecule has 0 saturated carbocycles. The van der Waals surface area contributed by atoms with Gasteiger partial charge in [-0.2, -0.15) is 5.10 Å². The fourth-order valence-electron chi connectivity index (χ4n) is 1.69. The van der Waals surface area contributed by atoms with Crippen LogP contribution in [0.1, 0.15) is 5.56 Å². The van der Waals surface area contributed by atoms with E-state index in [9.17, 15) is 4.79 Å². The summed E-state index contributed by atoms with van der Waals surface area (Å²) in [7, 11) is 3.18. The van der Waals surface area contributed by atoms with Crippen molar-refractivity contribution in [2.24, 2.45) is 0 Å². The molecule has 1 aromatic heterocycles. The van der Waals surface area contributed by atoms with Crippen molar-refractivity contribution < 1.29 is 9.47 Å². The normalized spacial score (nSPS) is 10.2. The van der Waals surface area contributed by atoms with Crippen LogP contribution < -0.4 is 20.3 Å². The first kappa shape index (κ1) is 14.4. The molecular weight excluding hydrogens is 326 g/mol.